The van der Waals surface area contributed by atoms with Gasteiger partial charge in [0.25, 0.3) is 0 Å². The average Bonchev–Trinajstić information content (AvgIpc) is 2.73. The van der Waals surface area contributed by atoms with Gasteiger partial charge >= 0.3 is 5.97 Å². The number of rotatable bonds is 5. The second kappa shape index (κ2) is 7.95. The van der Waals surface area contributed by atoms with Gasteiger partial charge in [-0.2, -0.15) is 0 Å². The third-order valence-electron chi connectivity index (χ3n) is 8.75. The zero-order valence-electron chi connectivity index (χ0n) is 19.3. The van der Waals surface area contributed by atoms with Gasteiger partial charge in [0, 0.05) is 23.4 Å². The number of carbonyl (C=O) groups is 1. The summed E-state index contributed by atoms with van der Waals surface area (Å²) in [7, 11) is 1.57. The lowest BCUT2D eigenvalue weighted by molar-refractivity contribution is -0.147. The van der Waals surface area contributed by atoms with Crippen LogP contribution in [0.5, 0.6) is 11.5 Å². The lowest BCUT2D eigenvalue weighted by Crippen LogP contribution is -2.61. The first-order valence-electron chi connectivity index (χ1n) is 11.4. The number of carboxylic acids is 1. The van der Waals surface area contributed by atoms with Crippen molar-refractivity contribution in [1.29, 1.82) is 0 Å². The highest BCUT2D eigenvalue weighted by Crippen LogP contribution is 2.66. The Hall–Kier alpha value is -1.27. The Morgan fingerprint density at radius 3 is 2.68 bits per heavy atom. The standard InChI is InChI=1S/C25H35BrO5/c1-15-24(4)8-6-20-23(2,3)21(26)7-9-25(15,20)13-17-11-18(30-14-29-5)16(12-22(27)28)10-19(17)31-24/h10-11,15,20-21H,6-9,12-14H2,1-5H3,(H,27,28)/t15-,20+,21+,24-,25+/m1/s1. The summed E-state index contributed by atoms with van der Waals surface area (Å²) in [6, 6.07) is 3.92. The molecule has 1 heterocycles. The number of alkyl halides is 1. The molecule has 1 aliphatic heterocycles. The van der Waals surface area contributed by atoms with Crippen molar-refractivity contribution in [1.82, 2.24) is 0 Å². The van der Waals surface area contributed by atoms with E-state index in [0.717, 1.165) is 37.0 Å². The van der Waals surface area contributed by atoms with Crippen molar-refractivity contribution in [3.8, 4) is 11.5 Å². The van der Waals surface area contributed by atoms with Gasteiger partial charge in [-0.15, -0.1) is 0 Å². The Morgan fingerprint density at radius 1 is 1.26 bits per heavy atom. The van der Waals surface area contributed by atoms with E-state index in [2.05, 4.69) is 43.6 Å². The number of carboxylic acid groups (broad SMARTS) is 1. The molecule has 2 aliphatic carbocycles. The number of ether oxygens (including phenoxy) is 3. The minimum absolute atomic E-state index is 0.0897. The Labute approximate surface area is 194 Å². The van der Waals surface area contributed by atoms with Crippen molar-refractivity contribution in [3.63, 3.8) is 0 Å². The van der Waals surface area contributed by atoms with E-state index in [-0.39, 0.29) is 29.6 Å². The van der Waals surface area contributed by atoms with E-state index in [0.29, 0.717) is 28.0 Å². The molecular formula is C25H35BrO5. The van der Waals surface area contributed by atoms with Crippen molar-refractivity contribution < 1.29 is 24.1 Å². The van der Waals surface area contributed by atoms with Crippen molar-refractivity contribution in [2.24, 2.45) is 22.7 Å². The summed E-state index contributed by atoms with van der Waals surface area (Å²) in [6.07, 6.45) is 5.32. The van der Waals surface area contributed by atoms with Gasteiger partial charge in [-0.25, -0.2) is 0 Å². The Morgan fingerprint density at radius 2 is 2.00 bits per heavy atom. The molecule has 0 unspecified atom stereocenters. The van der Waals surface area contributed by atoms with Crippen LogP contribution in [-0.2, 0) is 22.4 Å². The van der Waals surface area contributed by atoms with Crippen molar-refractivity contribution in [2.45, 2.75) is 76.6 Å². The first-order valence-corrected chi connectivity index (χ1v) is 12.3. The van der Waals surface area contributed by atoms with E-state index in [1.165, 1.54) is 6.42 Å². The van der Waals surface area contributed by atoms with Gasteiger partial charge in [0.1, 0.15) is 17.1 Å². The Bertz CT molecular complexity index is 868. The molecule has 5 nitrogen and oxygen atoms in total. The van der Waals surface area contributed by atoms with Gasteiger partial charge < -0.3 is 19.3 Å². The largest absolute Gasteiger partial charge is 0.487 e. The monoisotopic (exact) mass is 494 g/mol. The van der Waals surface area contributed by atoms with Gasteiger partial charge in [-0.3, -0.25) is 4.79 Å². The maximum Gasteiger partial charge on any atom is 0.307 e. The molecule has 5 atom stereocenters. The normalized spacial score (nSPS) is 35.9. The maximum absolute atomic E-state index is 11.5. The Balaban J connectivity index is 1.84. The van der Waals surface area contributed by atoms with Crippen molar-refractivity contribution in [3.05, 3.63) is 23.3 Å². The summed E-state index contributed by atoms with van der Waals surface area (Å²) in [5, 5.41) is 9.42. The van der Waals surface area contributed by atoms with Crippen LogP contribution in [0.25, 0.3) is 0 Å². The van der Waals surface area contributed by atoms with Crippen LogP contribution in [0.3, 0.4) is 0 Å². The molecule has 1 aromatic rings. The summed E-state index contributed by atoms with van der Waals surface area (Å²) in [4.78, 5) is 12.0. The number of halogens is 1. The highest BCUT2D eigenvalue weighted by atomic mass is 79.9. The fraction of sp³-hybridized carbons (Fsp3) is 0.720. The van der Waals surface area contributed by atoms with Crippen LogP contribution in [0.15, 0.2) is 12.1 Å². The number of fused-ring (bicyclic) bond motifs is 2. The predicted octanol–water partition coefficient (Wildman–Crippen LogP) is 5.61. The zero-order valence-corrected chi connectivity index (χ0v) is 20.9. The SMILES string of the molecule is COCOc1cc2c(cc1CC(=O)O)O[C@]1(C)CC[C@H]3C(C)(C)[C@@H](Br)CC[C@]3(C2)[C@@H]1C. The summed E-state index contributed by atoms with van der Waals surface area (Å²) in [5.41, 5.74) is 1.86. The number of methoxy groups -OCH3 is 1. The van der Waals surface area contributed by atoms with Crippen LogP contribution in [0.2, 0.25) is 0 Å². The molecule has 3 aliphatic rings. The molecule has 1 aromatic carbocycles. The van der Waals surface area contributed by atoms with Crippen LogP contribution in [0.4, 0.5) is 0 Å². The van der Waals surface area contributed by atoms with Gasteiger partial charge in [-0.05, 0) is 73.5 Å². The summed E-state index contributed by atoms with van der Waals surface area (Å²) >= 11 is 3.99. The topological polar surface area (TPSA) is 65.0 Å². The number of aliphatic carboxylic acids is 1. The number of benzene rings is 1. The van der Waals surface area contributed by atoms with Crippen molar-refractivity contribution in [2.75, 3.05) is 13.9 Å². The van der Waals surface area contributed by atoms with Crippen LogP contribution in [0.1, 0.15) is 64.5 Å². The van der Waals surface area contributed by atoms with E-state index in [9.17, 15) is 9.90 Å². The fourth-order valence-corrected chi connectivity index (χ4v) is 7.43. The molecule has 2 saturated carbocycles. The molecule has 1 spiro atoms. The van der Waals surface area contributed by atoms with Crippen LogP contribution in [0, 0.1) is 22.7 Å². The fourth-order valence-electron chi connectivity index (χ4n) is 6.88. The lowest BCUT2D eigenvalue weighted by Gasteiger charge is -2.62. The van der Waals surface area contributed by atoms with Crippen LogP contribution >= 0.6 is 15.9 Å². The molecule has 172 valence electrons. The minimum atomic E-state index is -0.884. The molecule has 31 heavy (non-hydrogen) atoms. The third kappa shape index (κ3) is 3.68. The zero-order chi connectivity index (χ0) is 22.6. The van der Waals surface area contributed by atoms with Crippen molar-refractivity contribution >= 4 is 21.9 Å². The van der Waals surface area contributed by atoms with Gasteiger partial charge in [0.2, 0.25) is 0 Å². The second-order valence-corrected chi connectivity index (χ2v) is 11.8. The van der Waals surface area contributed by atoms with Gasteiger partial charge in [0.15, 0.2) is 6.79 Å². The van der Waals surface area contributed by atoms with E-state index >= 15 is 0 Å². The molecule has 4 rings (SSSR count). The molecule has 0 aromatic heterocycles. The van der Waals surface area contributed by atoms with Crippen LogP contribution in [-0.4, -0.2) is 35.4 Å². The molecule has 0 amide bonds. The molecular weight excluding hydrogens is 460 g/mol. The van der Waals surface area contributed by atoms with E-state index < -0.39 is 5.97 Å². The summed E-state index contributed by atoms with van der Waals surface area (Å²) in [6.45, 7) is 9.56. The molecule has 0 radical (unpaired) electrons. The van der Waals surface area contributed by atoms with E-state index in [4.69, 9.17) is 14.2 Å². The minimum Gasteiger partial charge on any atom is -0.487 e. The molecule has 2 fully saturated rings. The summed E-state index contributed by atoms with van der Waals surface area (Å²) in [5.74, 6) is 1.52. The quantitative estimate of drug-likeness (QED) is 0.425. The molecule has 1 N–H and O–H groups in total. The van der Waals surface area contributed by atoms with Crippen LogP contribution < -0.4 is 9.47 Å². The number of hydrogen-bond donors (Lipinski definition) is 1. The highest BCUT2D eigenvalue weighted by molar-refractivity contribution is 9.09. The number of hydrogen-bond acceptors (Lipinski definition) is 4. The van der Waals surface area contributed by atoms with E-state index in [1.807, 2.05) is 12.1 Å². The summed E-state index contributed by atoms with van der Waals surface area (Å²) < 4.78 is 17.7. The van der Waals surface area contributed by atoms with Gasteiger partial charge in [0.05, 0.1) is 6.42 Å². The first-order chi connectivity index (χ1) is 14.5. The second-order valence-electron chi connectivity index (χ2n) is 10.7. The smallest absolute Gasteiger partial charge is 0.307 e. The lowest BCUT2D eigenvalue weighted by atomic mass is 9.44. The Kier molecular flexibility index (Phi) is 5.87. The predicted molar refractivity (Wildman–Crippen MR) is 123 cm³/mol. The maximum atomic E-state index is 11.5. The highest BCUT2D eigenvalue weighted by Gasteiger charge is 2.62. The molecule has 6 heteroatoms. The first kappa shape index (κ1) is 22.9. The van der Waals surface area contributed by atoms with Gasteiger partial charge in [-0.1, -0.05) is 36.7 Å². The van der Waals surface area contributed by atoms with E-state index in [1.54, 1.807) is 7.11 Å². The molecule has 2 bridgehead atoms. The third-order valence-corrected chi connectivity index (χ3v) is 10.4. The average molecular weight is 495 g/mol. The molecule has 0 saturated heterocycles.